The van der Waals surface area contributed by atoms with Gasteiger partial charge in [-0.15, -0.1) is 0 Å². The van der Waals surface area contributed by atoms with Crippen molar-refractivity contribution in [3.8, 4) is 0 Å². The summed E-state index contributed by atoms with van der Waals surface area (Å²) in [5, 5.41) is 6.45. The Morgan fingerprint density at radius 3 is 2.64 bits per heavy atom. The molecule has 0 bridgehead atoms. The molecule has 14 heavy (non-hydrogen) atoms. The predicted molar refractivity (Wildman–Crippen MR) is 59.6 cm³/mol. The molecule has 0 saturated carbocycles. The number of hydrogen-bond acceptors (Lipinski definition) is 4. The third-order valence-corrected chi connectivity index (χ3v) is 2.03. The zero-order valence-corrected chi connectivity index (χ0v) is 9.04. The van der Waals surface area contributed by atoms with Gasteiger partial charge in [0.1, 0.15) is 18.0 Å². The summed E-state index contributed by atoms with van der Waals surface area (Å²) in [4.78, 5) is 8.25. The van der Waals surface area contributed by atoms with E-state index in [0.29, 0.717) is 6.04 Å². The Kier molecular flexibility index (Phi) is 4.16. The lowest BCUT2D eigenvalue weighted by Crippen LogP contribution is -2.14. The molecule has 78 valence electrons. The minimum Gasteiger partial charge on any atom is -0.370 e. The summed E-state index contributed by atoms with van der Waals surface area (Å²) in [6.07, 6.45) is 2.66. The van der Waals surface area contributed by atoms with Gasteiger partial charge >= 0.3 is 0 Å². The standard InChI is InChI=1S/C10H18N4/c1-4-8(3)14-10-6-9(11-5-2)12-7-13-10/h6-8H,4-5H2,1-3H3,(H2,11,12,13,14). The number of nitrogens with zero attached hydrogens (tertiary/aromatic N) is 2. The fourth-order valence-corrected chi connectivity index (χ4v) is 1.07. The fraction of sp³-hybridized carbons (Fsp3) is 0.600. The van der Waals surface area contributed by atoms with Crippen molar-refractivity contribution in [3.05, 3.63) is 12.4 Å². The van der Waals surface area contributed by atoms with Crippen molar-refractivity contribution in [2.75, 3.05) is 17.2 Å². The average molecular weight is 194 g/mol. The van der Waals surface area contributed by atoms with Gasteiger partial charge in [0.2, 0.25) is 0 Å². The van der Waals surface area contributed by atoms with Crippen LogP contribution in [-0.2, 0) is 0 Å². The van der Waals surface area contributed by atoms with E-state index in [4.69, 9.17) is 0 Å². The zero-order valence-electron chi connectivity index (χ0n) is 9.04. The van der Waals surface area contributed by atoms with Crippen LogP contribution in [0.5, 0.6) is 0 Å². The lowest BCUT2D eigenvalue weighted by molar-refractivity contribution is 0.758. The molecule has 0 aromatic carbocycles. The van der Waals surface area contributed by atoms with Crippen molar-refractivity contribution in [1.29, 1.82) is 0 Å². The van der Waals surface area contributed by atoms with Crippen molar-refractivity contribution in [2.24, 2.45) is 0 Å². The summed E-state index contributed by atoms with van der Waals surface area (Å²) in [6, 6.07) is 2.37. The minimum absolute atomic E-state index is 0.444. The molecular weight excluding hydrogens is 176 g/mol. The zero-order chi connectivity index (χ0) is 10.4. The Balaban J connectivity index is 2.63. The smallest absolute Gasteiger partial charge is 0.131 e. The highest BCUT2D eigenvalue weighted by Gasteiger charge is 2.00. The van der Waals surface area contributed by atoms with Crippen LogP contribution in [0.3, 0.4) is 0 Å². The molecule has 0 amide bonds. The highest BCUT2D eigenvalue weighted by atomic mass is 15.1. The Labute approximate surface area is 85.2 Å². The van der Waals surface area contributed by atoms with E-state index in [1.165, 1.54) is 0 Å². The Bertz CT molecular complexity index is 275. The first kappa shape index (κ1) is 10.8. The van der Waals surface area contributed by atoms with Crippen LogP contribution < -0.4 is 10.6 Å². The van der Waals surface area contributed by atoms with Gasteiger partial charge in [0, 0.05) is 18.7 Å². The van der Waals surface area contributed by atoms with Gasteiger partial charge < -0.3 is 10.6 Å². The molecule has 1 rings (SSSR count). The number of nitrogens with one attached hydrogen (secondary N) is 2. The summed E-state index contributed by atoms with van der Waals surface area (Å²) in [6.45, 7) is 7.20. The van der Waals surface area contributed by atoms with Crippen LogP contribution >= 0.6 is 0 Å². The van der Waals surface area contributed by atoms with E-state index >= 15 is 0 Å². The van der Waals surface area contributed by atoms with Crippen LogP contribution in [0.15, 0.2) is 12.4 Å². The number of hydrogen-bond donors (Lipinski definition) is 2. The van der Waals surface area contributed by atoms with E-state index in [0.717, 1.165) is 24.6 Å². The van der Waals surface area contributed by atoms with Gasteiger partial charge in [-0.05, 0) is 20.3 Å². The van der Waals surface area contributed by atoms with Gasteiger partial charge in [-0.2, -0.15) is 0 Å². The topological polar surface area (TPSA) is 49.8 Å². The van der Waals surface area contributed by atoms with E-state index in [1.807, 2.05) is 13.0 Å². The second kappa shape index (κ2) is 5.42. The van der Waals surface area contributed by atoms with Crippen molar-refractivity contribution in [2.45, 2.75) is 33.2 Å². The van der Waals surface area contributed by atoms with Gasteiger partial charge in [-0.25, -0.2) is 9.97 Å². The lowest BCUT2D eigenvalue weighted by Gasteiger charge is -2.12. The maximum atomic E-state index is 4.15. The molecule has 0 aliphatic heterocycles. The Hall–Kier alpha value is -1.32. The highest BCUT2D eigenvalue weighted by Crippen LogP contribution is 2.09. The second-order valence-electron chi connectivity index (χ2n) is 3.27. The monoisotopic (exact) mass is 194 g/mol. The number of anilines is 2. The van der Waals surface area contributed by atoms with Crippen LogP contribution in [0.25, 0.3) is 0 Å². The molecule has 1 aromatic rings. The summed E-state index contributed by atoms with van der Waals surface area (Å²) >= 11 is 0. The Morgan fingerprint density at radius 2 is 2.00 bits per heavy atom. The molecule has 0 saturated heterocycles. The predicted octanol–water partition coefficient (Wildman–Crippen LogP) is 2.12. The molecule has 2 N–H and O–H groups in total. The largest absolute Gasteiger partial charge is 0.370 e. The molecule has 4 nitrogen and oxygen atoms in total. The van der Waals surface area contributed by atoms with Crippen LogP contribution in [0, 0.1) is 0 Å². The number of aromatic nitrogens is 2. The molecule has 0 radical (unpaired) electrons. The SMILES string of the molecule is CCNc1cc(NC(C)CC)ncn1. The van der Waals surface area contributed by atoms with Gasteiger partial charge in [-0.3, -0.25) is 0 Å². The van der Waals surface area contributed by atoms with Crippen molar-refractivity contribution < 1.29 is 0 Å². The van der Waals surface area contributed by atoms with E-state index in [9.17, 15) is 0 Å². The normalized spacial score (nSPS) is 12.2. The van der Waals surface area contributed by atoms with Crippen molar-refractivity contribution in [1.82, 2.24) is 9.97 Å². The van der Waals surface area contributed by atoms with Gasteiger partial charge in [0.05, 0.1) is 0 Å². The third-order valence-electron chi connectivity index (χ3n) is 2.03. The molecule has 1 unspecified atom stereocenters. The lowest BCUT2D eigenvalue weighted by atomic mass is 10.2. The van der Waals surface area contributed by atoms with Crippen molar-refractivity contribution >= 4 is 11.6 Å². The summed E-state index contributed by atoms with van der Waals surface area (Å²) in [5.74, 6) is 1.75. The van der Waals surface area contributed by atoms with E-state index < -0.39 is 0 Å². The van der Waals surface area contributed by atoms with Gasteiger partial charge in [0.25, 0.3) is 0 Å². The van der Waals surface area contributed by atoms with Crippen LogP contribution in [0.1, 0.15) is 27.2 Å². The average Bonchev–Trinajstić information content (AvgIpc) is 2.19. The van der Waals surface area contributed by atoms with Gasteiger partial charge in [0.15, 0.2) is 0 Å². The first-order valence-corrected chi connectivity index (χ1v) is 5.08. The molecule has 0 fully saturated rings. The number of rotatable bonds is 5. The molecule has 0 aliphatic carbocycles. The van der Waals surface area contributed by atoms with Gasteiger partial charge in [-0.1, -0.05) is 6.92 Å². The minimum atomic E-state index is 0.444. The Morgan fingerprint density at radius 1 is 1.29 bits per heavy atom. The summed E-state index contributed by atoms with van der Waals surface area (Å²) in [7, 11) is 0. The molecule has 1 atom stereocenters. The molecule has 1 aromatic heterocycles. The van der Waals surface area contributed by atoms with Crippen LogP contribution in [-0.4, -0.2) is 22.6 Å². The van der Waals surface area contributed by atoms with Crippen molar-refractivity contribution in [3.63, 3.8) is 0 Å². The second-order valence-corrected chi connectivity index (χ2v) is 3.27. The van der Waals surface area contributed by atoms with E-state index in [-0.39, 0.29) is 0 Å². The van der Waals surface area contributed by atoms with Crippen LogP contribution in [0.2, 0.25) is 0 Å². The summed E-state index contributed by atoms with van der Waals surface area (Å²) in [5.41, 5.74) is 0. The molecule has 1 heterocycles. The molecule has 0 spiro atoms. The van der Waals surface area contributed by atoms with E-state index in [1.54, 1.807) is 6.33 Å². The maximum absolute atomic E-state index is 4.15. The summed E-state index contributed by atoms with van der Waals surface area (Å²) < 4.78 is 0. The molecule has 0 aliphatic rings. The molecule has 4 heteroatoms. The quantitative estimate of drug-likeness (QED) is 0.753. The maximum Gasteiger partial charge on any atom is 0.131 e. The highest BCUT2D eigenvalue weighted by molar-refractivity contribution is 5.46. The third kappa shape index (κ3) is 3.20. The molecular formula is C10H18N4. The fourth-order valence-electron chi connectivity index (χ4n) is 1.07. The van der Waals surface area contributed by atoms with Crippen LogP contribution in [0.4, 0.5) is 11.6 Å². The first-order chi connectivity index (χ1) is 6.76. The van der Waals surface area contributed by atoms with E-state index in [2.05, 4.69) is 34.4 Å². The first-order valence-electron chi connectivity index (χ1n) is 5.08.